The van der Waals surface area contributed by atoms with Gasteiger partial charge in [-0.25, -0.2) is 8.42 Å². The predicted octanol–water partition coefficient (Wildman–Crippen LogP) is 3.12. The Balaban J connectivity index is 2.45. The molecule has 0 bridgehead atoms. The Morgan fingerprint density at radius 3 is 2.36 bits per heavy atom. The molecule has 2 aromatic rings. The van der Waals surface area contributed by atoms with E-state index in [0.717, 1.165) is 12.3 Å². The lowest BCUT2D eigenvalue weighted by molar-refractivity contribution is -0.384. The van der Waals surface area contributed by atoms with Crippen LogP contribution in [-0.4, -0.2) is 24.7 Å². The maximum absolute atomic E-state index is 11.5. The standard InChI is InChI=1S/C13H11N3O5S/c1-22(20,21)9-6-7-13(17)11(8-9)15-14-10-4-2-3-5-12(10)16(18)19/h2-8,17H,1H3. The first-order valence-corrected chi connectivity index (χ1v) is 7.86. The fourth-order valence-electron chi connectivity index (χ4n) is 1.62. The number of rotatable bonds is 4. The van der Waals surface area contributed by atoms with Crippen LogP contribution >= 0.6 is 0 Å². The third-order valence-electron chi connectivity index (χ3n) is 2.72. The van der Waals surface area contributed by atoms with Gasteiger partial charge in [-0.1, -0.05) is 12.1 Å². The van der Waals surface area contributed by atoms with Crippen molar-refractivity contribution >= 4 is 26.9 Å². The fraction of sp³-hybridized carbons (Fsp3) is 0.0769. The van der Waals surface area contributed by atoms with Crippen LogP contribution in [0, 0.1) is 10.1 Å². The summed E-state index contributed by atoms with van der Waals surface area (Å²) in [5.41, 5.74) is -0.345. The van der Waals surface area contributed by atoms with Gasteiger partial charge in [0, 0.05) is 12.3 Å². The Labute approximate surface area is 125 Å². The number of nitrogens with zero attached hydrogens (tertiary/aromatic N) is 3. The summed E-state index contributed by atoms with van der Waals surface area (Å²) in [5, 5.41) is 27.9. The first-order valence-electron chi connectivity index (χ1n) is 5.97. The lowest BCUT2D eigenvalue weighted by atomic mass is 10.3. The highest BCUT2D eigenvalue weighted by Gasteiger charge is 2.13. The van der Waals surface area contributed by atoms with Crippen LogP contribution in [0.2, 0.25) is 0 Å². The van der Waals surface area contributed by atoms with E-state index in [9.17, 15) is 23.6 Å². The molecule has 0 heterocycles. The Kier molecular flexibility index (Phi) is 4.18. The Bertz CT molecular complexity index is 862. The minimum atomic E-state index is -3.47. The molecule has 0 saturated heterocycles. The zero-order valence-electron chi connectivity index (χ0n) is 11.4. The van der Waals surface area contributed by atoms with Crippen molar-refractivity contribution in [3.05, 3.63) is 52.6 Å². The highest BCUT2D eigenvalue weighted by Crippen LogP contribution is 2.33. The zero-order chi connectivity index (χ0) is 16.3. The molecule has 0 aromatic heterocycles. The first-order chi connectivity index (χ1) is 10.3. The number of para-hydroxylation sites is 1. The average Bonchev–Trinajstić information content (AvgIpc) is 2.45. The Hall–Kier alpha value is -2.81. The van der Waals surface area contributed by atoms with Gasteiger partial charge in [-0.15, -0.1) is 10.2 Å². The molecular formula is C13H11N3O5S. The minimum absolute atomic E-state index is 0.00309. The molecule has 0 radical (unpaired) electrons. The second kappa shape index (κ2) is 5.90. The largest absolute Gasteiger partial charge is 0.506 e. The highest BCUT2D eigenvalue weighted by molar-refractivity contribution is 7.90. The van der Waals surface area contributed by atoms with Gasteiger partial charge in [-0.3, -0.25) is 10.1 Å². The van der Waals surface area contributed by atoms with Crippen LogP contribution in [-0.2, 0) is 9.84 Å². The predicted molar refractivity (Wildman–Crippen MR) is 78.5 cm³/mol. The van der Waals surface area contributed by atoms with Crippen molar-refractivity contribution in [1.82, 2.24) is 0 Å². The third kappa shape index (κ3) is 3.44. The maximum Gasteiger partial charge on any atom is 0.296 e. The SMILES string of the molecule is CS(=O)(=O)c1ccc(O)c(N=Nc2ccccc2[N+](=O)[O-])c1. The van der Waals surface area contributed by atoms with Crippen LogP contribution < -0.4 is 0 Å². The molecular weight excluding hydrogens is 310 g/mol. The van der Waals surface area contributed by atoms with Crippen LogP contribution in [0.3, 0.4) is 0 Å². The number of phenols is 1. The molecule has 0 aliphatic heterocycles. The maximum atomic E-state index is 11.5. The summed E-state index contributed by atoms with van der Waals surface area (Å²) in [6.45, 7) is 0. The van der Waals surface area contributed by atoms with Crippen LogP contribution in [0.5, 0.6) is 5.75 Å². The lowest BCUT2D eigenvalue weighted by Crippen LogP contribution is -1.95. The third-order valence-corrected chi connectivity index (χ3v) is 3.83. The Morgan fingerprint density at radius 1 is 1.09 bits per heavy atom. The molecule has 22 heavy (non-hydrogen) atoms. The molecule has 0 atom stereocenters. The van der Waals surface area contributed by atoms with E-state index < -0.39 is 14.8 Å². The van der Waals surface area contributed by atoms with E-state index in [-0.39, 0.29) is 27.7 Å². The van der Waals surface area contributed by atoms with Gasteiger partial charge in [0.2, 0.25) is 0 Å². The van der Waals surface area contributed by atoms with Crippen molar-refractivity contribution in [2.75, 3.05) is 6.26 Å². The van der Waals surface area contributed by atoms with E-state index in [1.165, 1.54) is 30.3 Å². The fourth-order valence-corrected chi connectivity index (χ4v) is 2.27. The van der Waals surface area contributed by atoms with Crippen molar-refractivity contribution in [1.29, 1.82) is 0 Å². The quantitative estimate of drug-likeness (QED) is 0.526. The van der Waals surface area contributed by atoms with Crippen LogP contribution in [0.15, 0.2) is 57.6 Å². The van der Waals surface area contributed by atoms with Gasteiger partial charge < -0.3 is 5.11 Å². The average molecular weight is 321 g/mol. The van der Waals surface area contributed by atoms with E-state index in [2.05, 4.69) is 10.2 Å². The molecule has 8 nitrogen and oxygen atoms in total. The van der Waals surface area contributed by atoms with Gasteiger partial charge >= 0.3 is 0 Å². The van der Waals surface area contributed by atoms with Crippen molar-refractivity contribution < 1.29 is 18.4 Å². The molecule has 0 fully saturated rings. The molecule has 114 valence electrons. The number of sulfone groups is 1. The summed E-state index contributed by atoms with van der Waals surface area (Å²) in [7, 11) is -3.47. The van der Waals surface area contributed by atoms with Crippen molar-refractivity contribution in [3.8, 4) is 5.75 Å². The molecule has 0 amide bonds. The van der Waals surface area contributed by atoms with Gasteiger partial charge in [-0.2, -0.15) is 0 Å². The van der Waals surface area contributed by atoms with E-state index in [1.807, 2.05) is 0 Å². The minimum Gasteiger partial charge on any atom is -0.506 e. The molecule has 0 spiro atoms. The summed E-state index contributed by atoms with van der Waals surface area (Å²) in [6, 6.07) is 9.23. The summed E-state index contributed by atoms with van der Waals surface area (Å²) in [5.74, 6) is -0.283. The second-order valence-corrected chi connectivity index (χ2v) is 6.38. The number of hydrogen-bond acceptors (Lipinski definition) is 7. The van der Waals surface area contributed by atoms with Crippen molar-refractivity contribution in [2.45, 2.75) is 4.90 Å². The molecule has 9 heteroatoms. The molecule has 0 unspecified atom stereocenters. The summed E-state index contributed by atoms with van der Waals surface area (Å²) in [6.07, 6.45) is 1.02. The van der Waals surface area contributed by atoms with Crippen molar-refractivity contribution in [2.24, 2.45) is 10.2 Å². The second-order valence-electron chi connectivity index (χ2n) is 4.37. The van der Waals surface area contributed by atoms with Gasteiger partial charge in [0.15, 0.2) is 15.5 Å². The number of benzene rings is 2. The highest BCUT2D eigenvalue weighted by atomic mass is 32.2. The number of nitro benzene ring substituents is 1. The molecule has 2 rings (SSSR count). The van der Waals surface area contributed by atoms with Crippen LogP contribution in [0.25, 0.3) is 0 Å². The molecule has 0 aliphatic carbocycles. The number of hydrogen-bond donors (Lipinski definition) is 1. The Morgan fingerprint density at radius 2 is 1.73 bits per heavy atom. The summed E-state index contributed by atoms with van der Waals surface area (Å²) in [4.78, 5) is 10.2. The van der Waals surface area contributed by atoms with E-state index in [0.29, 0.717) is 0 Å². The van der Waals surface area contributed by atoms with E-state index in [4.69, 9.17) is 0 Å². The number of aromatic hydroxyl groups is 1. The van der Waals surface area contributed by atoms with Gasteiger partial charge in [-0.05, 0) is 24.3 Å². The topological polar surface area (TPSA) is 122 Å². The monoisotopic (exact) mass is 321 g/mol. The van der Waals surface area contributed by atoms with Gasteiger partial charge in [0.25, 0.3) is 5.69 Å². The van der Waals surface area contributed by atoms with E-state index >= 15 is 0 Å². The molecule has 2 aromatic carbocycles. The number of phenolic OH excluding ortho intramolecular Hbond substituents is 1. The van der Waals surface area contributed by atoms with E-state index in [1.54, 1.807) is 6.07 Å². The molecule has 0 saturated carbocycles. The zero-order valence-corrected chi connectivity index (χ0v) is 12.2. The van der Waals surface area contributed by atoms with Crippen molar-refractivity contribution in [3.63, 3.8) is 0 Å². The van der Waals surface area contributed by atoms with Crippen LogP contribution in [0.4, 0.5) is 17.1 Å². The number of azo groups is 1. The summed E-state index contributed by atoms with van der Waals surface area (Å²) >= 11 is 0. The van der Waals surface area contributed by atoms with Crippen LogP contribution in [0.1, 0.15) is 0 Å². The smallest absolute Gasteiger partial charge is 0.296 e. The normalized spacial score (nSPS) is 11.7. The lowest BCUT2D eigenvalue weighted by Gasteiger charge is -2.02. The first kappa shape index (κ1) is 15.6. The summed E-state index contributed by atoms with van der Waals surface area (Å²) < 4.78 is 22.9. The molecule has 1 N–H and O–H groups in total. The number of nitro groups is 1. The van der Waals surface area contributed by atoms with Gasteiger partial charge in [0.05, 0.1) is 9.82 Å². The molecule has 0 aliphatic rings. The van der Waals surface area contributed by atoms with Gasteiger partial charge in [0.1, 0.15) is 11.4 Å².